The fourth-order valence-electron chi connectivity index (χ4n) is 1.72. The minimum absolute atomic E-state index is 0.174. The number of rotatable bonds is 4. The van der Waals surface area contributed by atoms with E-state index in [9.17, 15) is 21.6 Å². The summed E-state index contributed by atoms with van der Waals surface area (Å²) in [6.07, 6.45) is -0.623. The smallest absolute Gasteiger partial charge is 0.275 e. The number of pyridine rings is 1. The Kier molecular flexibility index (Phi) is 3.80. The van der Waals surface area contributed by atoms with E-state index >= 15 is 0 Å². The SMILES string of the molecule is Cn1cc(CS(=O)(=O)c2ncccc2F)c(C(F)F)n1. The summed E-state index contributed by atoms with van der Waals surface area (Å²) >= 11 is 0. The average Bonchev–Trinajstić information content (AvgIpc) is 2.70. The Morgan fingerprint density at radius 3 is 2.70 bits per heavy atom. The summed E-state index contributed by atoms with van der Waals surface area (Å²) in [5.74, 6) is -1.80. The van der Waals surface area contributed by atoms with Crippen LogP contribution in [-0.2, 0) is 22.6 Å². The Labute approximate surface area is 113 Å². The molecule has 0 aliphatic heterocycles. The molecule has 0 radical (unpaired) electrons. The fraction of sp³-hybridized carbons (Fsp3) is 0.273. The lowest BCUT2D eigenvalue weighted by atomic mass is 10.3. The third-order valence-corrected chi connectivity index (χ3v) is 4.09. The zero-order valence-electron chi connectivity index (χ0n) is 10.3. The van der Waals surface area contributed by atoms with Crippen molar-refractivity contribution in [2.75, 3.05) is 0 Å². The molecule has 2 aromatic rings. The molecule has 0 unspecified atom stereocenters. The van der Waals surface area contributed by atoms with Gasteiger partial charge in [-0.15, -0.1) is 0 Å². The third-order valence-electron chi connectivity index (χ3n) is 2.51. The molecule has 9 heteroatoms. The molecule has 0 spiro atoms. The predicted octanol–water partition coefficient (Wildman–Crippen LogP) is 1.87. The molecule has 108 valence electrons. The van der Waals surface area contributed by atoms with E-state index in [4.69, 9.17) is 0 Å². The van der Waals surface area contributed by atoms with Crippen molar-refractivity contribution in [3.05, 3.63) is 41.6 Å². The molecule has 2 aromatic heterocycles. The summed E-state index contributed by atoms with van der Waals surface area (Å²) in [5.41, 5.74) is -0.806. The maximum Gasteiger partial charge on any atom is 0.282 e. The third kappa shape index (κ3) is 2.82. The molecule has 2 rings (SSSR count). The molecule has 0 saturated heterocycles. The van der Waals surface area contributed by atoms with Crippen LogP contribution in [-0.4, -0.2) is 23.2 Å². The normalized spacial score (nSPS) is 12.1. The van der Waals surface area contributed by atoms with E-state index in [1.807, 2.05) is 0 Å². The molecule has 0 aliphatic carbocycles. The van der Waals surface area contributed by atoms with E-state index in [1.54, 1.807) is 0 Å². The van der Waals surface area contributed by atoms with Crippen molar-refractivity contribution >= 4 is 9.84 Å². The van der Waals surface area contributed by atoms with Gasteiger partial charge in [0.15, 0.2) is 10.8 Å². The Bertz CT molecular complexity index is 728. The number of halogens is 3. The first kappa shape index (κ1) is 14.5. The van der Waals surface area contributed by atoms with Gasteiger partial charge in [-0.3, -0.25) is 4.68 Å². The molecule has 0 aromatic carbocycles. The van der Waals surface area contributed by atoms with Crippen LogP contribution >= 0.6 is 0 Å². The van der Waals surface area contributed by atoms with Crippen LogP contribution in [0.15, 0.2) is 29.6 Å². The van der Waals surface area contributed by atoms with Crippen molar-refractivity contribution in [1.82, 2.24) is 14.8 Å². The van der Waals surface area contributed by atoms with Crippen molar-refractivity contribution in [3.8, 4) is 0 Å². The van der Waals surface area contributed by atoms with Crippen molar-refractivity contribution in [3.63, 3.8) is 0 Å². The van der Waals surface area contributed by atoms with Crippen LogP contribution in [0.5, 0.6) is 0 Å². The number of sulfone groups is 1. The maximum absolute atomic E-state index is 13.4. The van der Waals surface area contributed by atoms with E-state index in [-0.39, 0.29) is 5.56 Å². The molecule has 0 bridgehead atoms. The lowest BCUT2D eigenvalue weighted by Crippen LogP contribution is -2.10. The summed E-state index contributed by atoms with van der Waals surface area (Å²) in [6, 6.07) is 2.18. The zero-order chi connectivity index (χ0) is 14.9. The van der Waals surface area contributed by atoms with Gasteiger partial charge < -0.3 is 0 Å². The zero-order valence-corrected chi connectivity index (χ0v) is 11.1. The average molecular weight is 305 g/mol. The van der Waals surface area contributed by atoms with E-state index in [2.05, 4.69) is 10.1 Å². The van der Waals surface area contributed by atoms with Gasteiger partial charge in [0.05, 0.1) is 5.75 Å². The molecule has 0 aliphatic rings. The first-order valence-corrected chi connectivity index (χ1v) is 7.10. The lowest BCUT2D eigenvalue weighted by molar-refractivity contribution is 0.144. The highest BCUT2D eigenvalue weighted by atomic mass is 32.2. The van der Waals surface area contributed by atoms with Crippen LogP contribution in [0.25, 0.3) is 0 Å². The van der Waals surface area contributed by atoms with Gasteiger partial charge in [-0.25, -0.2) is 26.6 Å². The highest BCUT2D eigenvalue weighted by molar-refractivity contribution is 7.90. The second-order valence-electron chi connectivity index (χ2n) is 4.06. The first-order valence-electron chi connectivity index (χ1n) is 5.45. The van der Waals surface area contributed by atoms with Crippen molar-refractivity contribution in [1.29, 1.82) is 0 Å². The van der Waals surface area contributed by atoms with E-state index in [1.165, 1.54) is 19.3 Å². The summed E-state index contributed by atoms with van der Waals surface area (Å²) in [5, 5.41) is 2.74. The van der Waals surface area contributed by atoms with Crippen LogP contribution in [0.1, 0.15) is 17.7 Å². The van der Waals surface area contributed by atoms with Crippen LogP contribution in [0.4, 0.5) is 13.2 Å². The minimum atomic E-state index is -4.16. The number of hydrogen-bond acceptors (Lipinski definition) is 4. The number of aromatic nitrogens is 3. The van der Waals surface area contributed by atoms with Gasteiger partial charge in [0.2, 0.25) is 9.84 Å². The van der Waals surface area contributed by atoms with E-state index in [0.717, 1.165) is 16.9 Å². The minimum Gasteiger partial charge on any atom is -0.275 e. The lowest BCUT2D eigenvalue weighted by Gasteiger charge is -2.04. The van der Waals surface area contributed by atoms with Crippen molar-refractivity contribution in [2.45, 2.75) is 17.2 Å². The van der Waals surface area contributed by atoms with Gasteiger partial charge in [-0.05, 0) is 12.1 Å². The van der Waals surface area contributed by atoms with Gasteiger partial charge in [0.1, 0.15) is 5.69 Å². The fourth-order valence-corrected chi connectivity index (χ4v) is 3.08. The molecule has 0 fully saturated rings. The molecular formula is C11H10F3N3O2S. The molecule has 5 nitrogen and oxygen atoms in total. The second-order valence-corrected chi connectivity index (χ2v) is 5.97. The van der Waals surface area contributed by atoms with Gasteiger partial charge in [-0.2, -0.15) is 5.10 Å². The highest BCUT2D eigenvalue weighted by Crippen LogP contribution is 2.25. The van der Waals surface area contributed by atoms with Gasteiger partial charge in [0, 0.05) is 25.0 Å². The number of alkyl halides is 2. The van der Waals surface area contributed by atoms with Gasteiger partial charge >= 0.3 is 0 Å². The molecule has 0 saturated carbocycles. The Morgan fingerprint density at radius 1 is 1.40 bits per heavy atom. The molecular weight excluding hydrogens is 295 g/mol. The summed E-state index contributed by atoms with van der Waals surface area (Å²) in [4.78, 5) is 3.45. The highest BCUT2D eigenvalue weighted by Gasteiger charge is 2.26. The summed E-state index contributed by atoms with van der Waals surface area (Å²) in [6.45, 7) is 0. The molecule has 0 amide bonds. The second kappa shape index (κ2) is 5.23. The largest absolute Gasteiger partial charge is 0.282 e. The topological polar surface area (TPSA) is 64.8 Å². The van der Waals surface area contributed by atoms with Crippen LogP contribution in [0.3, 0.4) is 0 Å². The van der Waals surface area contributed by atoms with Crippen LogP contribution < -0.4 is 0 Å². The van der Waals surface area contributed by atoms with E-state index < -0.39 is 38.6 Å². The van der Waals surface area contributed by atoms with Crippen molar-refractivity contribution in [2.24, 2.45) is 7.05 Å². The first-order chi connectivity index (χ1) is 9.31. The van der Waals surface area contributed by atoms with E-state index in [0.29, 0.717) is 0 Å². The molecule has 0 atom stereocenters. The van der Waals surface area contributed by atoms with Crippen molar-refractivity contribution < 1.29 is 21.6 Å². The monoisotopic (exact) mass is 305 g/mol. The maximum atomic E-state index is 13.4. The quantitative estimate of drug-likeness (QED) is 0.865. The summed E-state index contributed by atoms with van der Waals surface area (Å²) in [7, 11) is -2.77. The predicted molar refractivity (Wildman–Crippen MR) is 63.2 cm³/mol. The standard InChI is InChI=1S/C11H10F3N3O2S/c1-17-5-7(9(16-17)10(13)14)6-20(18,19)11-8(12)3-2-4-15-11/h2-5,10H,6H2,1H3. The van der Waals surface area contributed by atoms with Crippen LogP contribution in [0, 0.1) is 5.82 Å². The van der Waals surface area contributed by atoms with Gasteiger partial charge in [0.25, 0.3) is 6.43 Å². The Balaban J connectivity index is 2.42. The molecule has 0 N–H and O–H groups in total. The molecule has 2 heterocycles. The Morgan fingerprint density at radius 2 is 2.10 bits per heavy atom. The number of nitrogens with zero attached hydrogens (tertiary/aromatic N) is 3. The van der Waals surface area contributed by atoms with Gasteiger partial charge in [-0.1, -0.05) is 0 Å². The Hall–Kier alpha value is -1.90. The molecule has 20 heavy (non-hydrogen) atoms. The van der Waals surface area contributed by atoms with Crippen LogP contribution in [0.2, 0.25) is 0 Å². The summed E-state index contributed by atoms with van der Waals surface area (Å²) < 4.78 is 64.0. The number of aryl methyl sites for hydroxylation is 1. The number of hydrogen-bond donors (Lipinski definition) is 0.